The first-order valence-electron chi connectivity index (χ1n) is 2.83. The van der Waals surface area contributed by atoms with Crippen molar-refractivity contribution in [2.75, 3.05) is 6.54 Å². The summed E-state index contributed by atoms with van der Waals surface area (Å²) in [6.07, 6.45) is 0. The molecule has 0 saturated heterocycles. The van der Waals surface area contributed by atoms with Crippen LogP contribution in [0.25, 0.3) is 0 Å². The second kappa shape index (κ2) is 3.54. The van der Waals surface area contributed by atoms with Crippen LogP contribution in [0, 0.1) is 0 Å². The van der Waals surface area contributed by atoms with E-state index in [1.165, 1.54) is 6.07 Å². The first-order chi connectivity index (χ1) is 5.15. The van der Waals surface area contributed by atoms with E-state index in [4.69, 9.17) is 28.9 Å². The van der Waals surface area contributed by atoms with Crippen LogP contribution < -0.4 is 5.73 Å². The van der Waals surface area contributed by atoms with E-state index in [2.05, 4.69) is 0 Å². The number of carbonyl (C=O) groups excluding carboxylic acids is 1. The van der Waals surface area contributed by atoms with Crippen LogP contribution in [-0.4, -0.2) is 12.3 Å². The van der Waals surface area contributed by atoms with E-state index in [0.29, 0.717) is 14.2 Å². The molecule has 0 atom stereocenters. The molecule has 0 fully saturated rings. The lowest BCUT2D eigenvalue weighted by atomic mass is 10.3. The van der Waals surface area contributed by atoms with Gasteiger partial charge in [-0.05, 0) is 6.07 Å². The Morgan fingerprint density at radius 3 is 2.64 bits per heavy atom. The van der Waals surface area contributed by atoms with E-state index in [1.807, 2.05) is 0 Å². The Kier molecular flexibility index (Phi) is 2.90. The van der Waals surface area contributed by atoms with Gasteiger partial charge in [0.15, 0.2) is 5.78 Å². The number of carbonyl (C=O) groups is 1. The molecular formula is C6H5Cl2NOS. The fraction of sp³-hybridized carbons (Fsp3) is 0.167. The van der Waals surface area contributed by atoms with Crippen LogP contribution in [-0.2, 0) is 0 Å². The molecule has 60 valence electrons. The summed E-state index contributed by atoms with van der Waals surface area (Å²) < 4.78 is 0.434. The topological polar surface area (TPSA) is 43.1 Å². The molecule has 1 aromatic rings. The highest BCUT2D eigenvalue weighted by atomic mass is 35.5. The van der Waals surface area contributed by atoms with Gasteiger partial charge in [-0.25, -0.2) is 0 Å². The van der Waals surface area contributed by atoms with Gasteiger partial charge in [0.2, 0.25) is 0 Å². The summed E-state index contributed by atoms with van der Waals surface area (Å²) in [4.78, 5) is 11.5. The molecule has 0 bridgehead atoms. The predicted octanol–water partition coefficient (Wildman–Crippen LogP) is 2.20. The smallest absolute Gasteiger partial charge is 0.186 e. The van der Waals surface area contributed by atoms with Crippen molar-refractivity contribution in [2.24, 2.45) is 5.73 Å². The third kappa shape index (κ3) is 1.93. The summed E-state index contributed by atoms with van der Waals surface area (Å²) >= 11 is 12.4. The van der Waals surface area contributed by atoms with Crippen molar-refractivity contribution in [1.82, 2.24) is 0 Å². The zero-order valence-corrected chi connectivity index (χ0v) is 7.76. The number of hydrogen-bond donors (Lipinski definition) is 1. The molecule has 1 heterocycles. The van der Waals surface area contributed by atoms with Crippen LogP contribution in [0.1, 0.15) is 9.67 Å². The van der Waals surface area contributed by atoms with Crippen LogP contribution in [0.3, 0.4) is 0 Å². The highest BCUT2D eigenvalue weighted by molar-refractivity contribution is 7.18. The number of halogens is 2. The van der Waals surface area contributed by atoms with Gasteiger partial charge in [-0.1, -0.05) is 23.2 Å². The van der Waals surface area contributed by atoms with Crippen LogP contribution in [0.5, 0.6) is 0 Å². The minimum atomic E-state index is -0.135. The van der Waals surface area contributed by atoms with Crippen molar-refractivity contribution in [2.45, 2.75) is 0 Å². The number of rotatable bonds is 2. The van der Waals surface area contributed by atoms with Crippen LogP contribution in [0.2, 0.25) is 9.36 Å². The maximum Gasteiger partial charge on any atom is 0.186 e. The molecule has 0 amide bonds. The van der Waals surface area contributed by atoms with Gasteiger partial charge >= 0.3 is 0 Å². The minimum absolute atomic E-state index is 0.00677. The van der Waals surface area contributed by atoms with Gasteiger partial charge in [0.25, 0.3) is 0 Å². The van der Waals surface area contributed by atoms with E-state index in [9.17, 15) is 4.79 Å². The molecule has 5 heteroatoms. The average molecular weight is 210 g/mol. The van der Waals surface area contributed by atoms with E-state index >= 15 is 0 Å². The molecule has 1 aromatic heterocycles. The van der Waals surface area contributed by atoms with Gasteiger partial charge in [-0.15, -0.1) is 11.3 Å². The van der Waals surface area contributed by atoms with Gasteiger partial charge < -0.3 is 5.73 Å². The lowest BCUT2D eigenvalue weighted by molar-refractivity contribution is 0.100. The summed E-state index contributed by atoms with van der Waals surface area (Å²) in [5.74, 6) is -0.135. The summed E-state index contributed by atoms with van der Waals surface area (Å²) in [7, 11) is 0. The number of thiophene rings is 1. The second-order valence-electron chi connectivity index (χ2n) is 1.86. The van der Waals surface area contributed by atoms with Gasteiger partial charge in [0.1, 0.15) is 4.34 Å². The van der Waals surface area contributed by atoms with E-state index < -0.39 is 0 Å². The van der Waals surface area contributed by atoms with Gasteiger partial charge in [-0.3, -0.25) is 4.79 Å². The first kappa shape index (κ1) is 9.00. The molecule has 1 rings (SSSR count). The summed E-state index contributed by atoms with van der Waals surface area (Å²) in [6.45, 7) is -0.00677. The van der Waals surface area contributed by atoms with Crippen molar-refractivity contribution in [3.8, 4) is 0 Å². The quantitative estimate of drug-likeness (QED) is 0.760. The Hall–Kier alpha value is -0.0900. The third-order valence-corrected chi connectivity index (χ3v) is 3.01. The zero-order chi connectivity index (χ0) is 8.43. The highest BCUT2D eigenvalue weighted by Gasteiger charge is 2.10. The van der Waals surface area contributed by atoms with Crippen LogP contribution in [0.15, 0.2) is 6.07 Å². The lowest BCUT2D eigenvalue weighted by Crippen LogP contribution is -2.11. The highest BCUT2D eigenvalue weighted by Crippen LogP contribution is 2.31. The number of hydrogen-bond acceptors (Lipinski definition) is 3. The van der Waals surface area contributed by atoms with Crippen LogP contribution >= 0.6 is 34.5 Å². The monoisotopic (exact) mass is 209 g/mol. The molecule has 0 unspecified atom stereocenters. The van der Waals surface area contributed by atoms with E-state index in [1.54, 1.807) is 0 Å². The fourth-order valence-corrected chi connectivity index (χ4v) is 1.90. The van der Waals surface area contributed by atoms with Crippen molar-refractivity contribution < 1.29 is 4.79 Å². The standard InChI is InChI=1S/C6H5Cl2NOS/c7-3-1-5(4(10)2-9)11-6(3)8/h1H,2,9H2. The number of ketones is 1. The van der Waals surface area contributed by atoms with Gasteiger partial charge in [0, 0.05) is 0 Å². The van der Waals surface area contributed by atoms with E-state index in [-0.39, 0.29) is 12.3 Å². The van der Waals surface area contributed by atoms with Gasteiger partial charge in [-0.2, -0.15) is 0 Å². The molecule has 0 spiro atoms. The molecule has 0 radical (unpaired) electrons. The van der Waals surface area contributed by atoms with Crippen molar-refractivity contribution >= 4 is 40.3 Å². The summed E-state index contributed by atoms with van der Waals surface area (Å²) in [6, 6.07) is 1.53. The van der Waals surface area contributed by atoms with Crippen molar-refractivity contribution in [3.05, 3.63) is 20.3 Å². The average Bonchev–Trinajstić information content (AvgIpc) is 2.31. The molecule has 0 aliphatic heterocycles. The number of nitrogens with two attached hydrogens (primary N) is 1. The molecule has 11 heavy (non-hydrogen) atoms. The zero-order valence-electron chi connectivity index (χ0n) is 5.43. The van der Waals surface area contributed by atoms with Crippen molar-refractivity contribution in [3.63, 3.8) is 0 Å². The van der Waals surface area contributed by atoms with E-state index in [0.717, 1.165) is 11.3 Å². The molecular weight excluding hydrogens is 205 g/mol. The second-order valence-corrected chi connectivity index (χ2v) is 3.92. The van der Waals surface area contributed by atoms with Gasteiger partial charge in [0.05, 0.1) is 16.4 Å². The molecule has 0 aliphatic rings. The van der Waals surface area contributed by atoms with Crippen molar-refractivity contribution in [1.29, 1.82) is 0 Å². The number of Topliss-reactive ketones (excluding diaryl/α,β-unsaturated/α-hetero) is 1. The molecule has 0 saturated carbocycles. The Morgan fingerprint density at radius 2 is 2.27 bits per heavy atom. The Bertz CT molecular complexity index is 265. The molecule has 2 N–H and O–H groups in total. The summed E-state index contributed by atoms with van der Waals surface area (Å²) in [5, 5.41) is 0.411. The molecule has 0 aliphatic carbocycles. The van der Waals surface area contributed by atoms with Crippen LogP contribution in [0.4, 0.5) is 0 Å². The largest absolute Gasteiger partial charge is 0.324 e. The molecule has 2 nitrogen and oxygen atoms in total. The minimum Gasteiger partial charge on any atom is -0.324 e. The Morgan fingerprint density at radius 1 is 1.64 bits per heavy atom. The SMILES string of the molecule is NCC(=O)c1cc(Cl)c(Cl)s1. The normalized spacial score (nSPS) is 10.1. The lowest BCUT2D eigenvalue weighted by Gasteiger charge is -1.87. The molecule has 0 aromatic carbocycles. The predicted molar refractivity (Wildman–Crippen MR) is 47.7 cm³/mol. The Balaban J connectivity index is 2.97. The maximum atomic E-state index is 10.9. The first-order valence-corrected chi connectivity index (χ1v) is 4.40. The maximum absolute atomic E-state index is 10.9. The summed E-state index contributed by atoms with van der Waals surface area (Å²) in [5.41, 5.74) is 5.13. The Labute approximate surface area is 77.9 Å². The fourth-order valence-electron chi connectivity index (χ4n) is 0.585. The third-order valence-electron chi connectivity index (χ3n) is 1.11.